The van der Waals surface area contributed by atoms with Gasteiger partial charge in [-0.05, 0) is 18.6 Å². The average Bonchev–Trinajstić information content (AvgIpc) is 2.61. The maximum Gasteiger partial charge on any atom is 0.105 e. The van der Waals surface area contributed by atoms with E-state index in [9.17, 15) is 0 Å². The molecule has 3 rings (SSSR count). The summed E-state index contributed by atoms with van der Waals surface area (Å²) in [6.45, 7) is 1.97. The Hall–Kier alpha value is -0.440. The van der Waals surface area contributed by atoms with Gasteiger partial charge in [0.1, 0.15) is 5.84 Å². The quantitative estimate of drug-likeness (QED) is 0.698. The highest BCUT2D eigenvalue weighted by molar-refractivity contribution is 6.35. The number of hydrogen-bond donors (Lipinski definition) is 0. The van der Waals surface area contributed by atoms with E-state index >= 15 is 0 Å². The molecule has 1 aromatic carbocycles. The Bertz CT molecular complexity index is 457. The van der Waals surface area contributed by atoms with Gasteiger partial charge in [0.15, 0.2) is 0 Å². The van der Waals surface area contributed by atoms with Crippen molar-refractivity contribution in [2.45, 2.75) is 19.4 Å². The Morgan fingerprint density at radius 2 is 2.06 bits per heavy atom. The fourth-order valence-corrected chi connectivity index (χ4v) is 2.73. The molecule has 1 aromatic rings. The van der Waals surface area contributed by atoms with Gasteiger partial charge in [-0.25, -0.2) is 4.99 Å². The van der Waals surface area contributed by atoms with Gasteiger partial charge in [0, 0.05) is 35.1 Å². The summed E-state index contributed by atoms with van der Waals surface area (Å²) in [6.07, 6.45) is 2.27. The van der Waals surface area contributed by atoms with Gasteiger partial charge in [-0.3, -0.25) is 0 Å². The molecule has 0 saturated carbocycles. The summed E-state index contributed by atoms with van der Waals surface area (Å²) >= 11 is 12.1. The summed E-state index contributed by atoms with van der Waals surface area (Å²) in [7, 11) is 0. The average molecular weight is 278 g/mol. The van der Waals surface area contributed by atoms with Crippen LogP contribution in [0.2, 0.25) is 10.0 Å². The van der Waals surface area contributed by atoms with Gasteiger partial charge in [-0.15, -0.1) is 12.4 Å². The van der Waals surface area contributed by atoms with Crippen molar-refractivity contribution in [3.8, 4) is 0 Å². The first-order valence-corrected chi connectivity index (χ1v) is 5.80. The number of halogens is 3. The van der Waals surface area contributed by atoms with Gasteiger partial charge < -0.3 is 4.90 Å². The van der Waals surface area contributed by atoms with E-state index in [0.29, 0.717) is 5.02 Å². The molecule has 5 heteroatoms. The molecule has 0 radical (unpaired) electrons. The van der Waals surface area contributed by atoms with Gasteiger partial charge in [-0.2, -0.15) is 0 Å². The zero-order chi connectivity index (χ0) is 10.4. The summed E-state index contributed by atoms with van der Waals surface area (Å²) in [6, 6.07) is 3.68. The Balaban J connectivity index is 0.000000963. The highest BCUT2D eigenvalue weighted by Gasteiger charge is 2.25. The second-order valence-electron chi connectivity index (χ2n) is 3.94. The van der Waals surface area contributed by atoms with E-state index in [4.69, 9.17) is 23.2 Å². The maximum absolute atomic E-state index is 6.16. The molecular formula is C11H11Cl3N2. The SMILES string of the molecule is Cl.Clc1cc(Cl)c2c(c1)N=C1CCCN1C2. The highest BCUT2D eigenvalue weighted by Crippen LogP contribution is 2.36. The minimum absolute atomic E-state index is 0. The van der Waals surface area contributed by atoms with Crippen LogP contribution in [-0.2, 0) is 6.54 Å². The van der Waals surface area contributed by atoms with Crippen molar-refractivity contribution in [2.24, 2.45) is 4.99 Å². The number of hydrogen-bond acceptors (Lipinski definition) is 2. The standard InChI is InChI=1S/C11H10Cl2N2.ClH/c12-7-4-9(13)8-6-15-3-1-2-11(15)14-10(8)5-7;/h4-5H,1-3,6H2;1H. The largest absolute Gasteiger partial charge is 0.356 e. The van der Waals surface area contributed by atoms with E-state index in [0.717, 1.165) is 35.8 Å². The lowest BCUT2D eigenvalue weighted by molar-refractivity contribution is 0.443. The monoisotopic (exact) mass is 276 g/mol. The molecule has 0 bridgehead atoms. The van der Waals surface area contributed by atoms with Gasteiger partial charge in [0.05, 0.1) is 5.69 Å². The molecule has 1 fully saturated rings. The first-order valence-electron chi connectivity index (χ1n) is 5.04. The predicted octanol–water partition coefficient (Wildman–Crippen LogP) is 4.05. The van der Waals surface area contributed by atoms with Crippen LogP contribution in [0.5, 0.6) is 0 Å². The minimum atomic E-state index is 0. The molecular weight excluding hydrogens is 266 g/mol. The lowest BCUT2D eigenvalue weighted by Gasteiger charge is -2.25. The molecule has 2 aliphatic heterocycles. The molecule has 0 aromatic heterocycles. The van der Waals surface area contributed by atoms with E-state index in [2.05, 4.69) is 9.89 Å². The van der Waals surface area contributed by atoms with E-state index in [-0.39, 0.29) is 12.4 Å². The fraction of sp³-hybridized carbons (Fsp3) is 0.364. The van der Waals surface area contributed by atoms with Gasteiger partial charge in [-0.1, -0.05) is 23.2 Å². The van der Waals surface area contributed by atoms with Gasteiger partial charge in [0.2, 0.25) is 0 Å². The van der Waals surface area contributed by atoms with Crippen molar-refractivity contribution in [3.05, 3.63) is 27.7 Å². The lowest BCUT2D eigenvalue weighted by Crippen LogP contribution is -2.26. The van der Waals surface area contributed by atoms with E-state index in [1.807, 2.05) is 6.07 Å². The van der Waals surface area contributed by atoms with Crippen LogP contribution >= 0.6 is 35.6 Å². The van der Waals surface area contributed by atoms with E-state index in [1.54, 1.807) is 6.07 Å². The van der Waals surface area contributed by atoms with Crippen LogP contribution in [0.25, 0.3) is 0 Å². The lowest BCUT2D eigenvalue weighted by atomic mass is 10.1. The van der Waals surface area contributed by atoms with Gasteiger partial charge in [0.25, 0.3) is 0 Å². The van der Waals surface area contributed by atoms with Crippen molar-refractivity contribution < 1.29 is 0 Å². The third-order valence-electron chi connectivity index (χ3n) is 2.93. The molecule has 86 valence electrons. The molecule has 2 heterocycles. The summed E-state index contributed by atoms with van der Waals surface area (Å²) in [5, 5.41) is 1.39. The first-order chi connectivity index (χ1) is 7.24. The molecule has 0 spiro atoms. The summed E-state index contributed by atoms with van der Waals surface area (Å²) in [5.74, 6) is 1.18. The molecule has 16 heavy (non-hydrogen) atoms. The third kappa shape index (κ3) is 1.90. The summed E-state index contributed by atoms with van der Waals surface area (Å²) < 4.78 is 0. The third-order valence-corrected chi connectivity index (χ3v) is 3.48. The van der Waals surface area contributed by atoms with Gasteiger partial charge >= 0.3 is 0 Å². The second-order valence-corrected chi connectivity index (χ2v) is 4.78. The van der Waals surface area contributed by atoms with Crippen molar-refractivity contribution in [1.29, 1.82) is 0 Å². The molecule has 0 unspecified atom stereocenters. The van der Waals surface area contributed by atoms with Crippen molar-refractivity contribution in [2.75, 3.05) is 6.54 Å². The van der Waals surface area contributed by atoms with Crippen LogP contribution in [0, 0.1) is 0 Å². The molecule has 0 amide bonds. The minimum Gasteiger partial charge on any atom is -0.356 e. The molecule has 0 aliphatic carbocycles. The van der Waals surface area contributed by atoms with Crippen LogP contribution in [0.1, 0.15) is 18.4 Å². The molecule has 0 N–H and O–H groups in total. The van der Waals surface area contributed by atoms with Crippen molar-refractivity contribution in [1.82, 2.24) is 4.90 Å². The smallest absolute Gasteiger partial charge is 0.105 e. The zero-order valence-corrected chi connectivity index (χ0v) is 10.9. The summed E-state index contributed by atoms with van der Waals surface area (Å²) in [5.41, 5.74) is 2.05. The number of benzene rings is 1. The van der Waals surface area contributed by atoms with Crippen molar-refractivity contribution >= 4 is 47.1 Å². The normalized spacial score (nSPS) is 17.4. The van der Waals surface area contributed by atoms with E-state index < -0.39 is 0 Å². The van der Waals surface area contributed by atoms with Crippen LogP contribution in [0.15, 0.2) is 17.1 Å². The second kappa shape index (κ2) is 4.44. The predicted molar refractivity (Wildman–Crippen MR) is 70.4 cm³/mol. The Morgan fingerprint density at radius 1 is 1.25 bits per heavy atom. The van der Waals surface area contributed by atoms with E-state index in [1.165, 1.54) is 12.3 Å². The van der Waals surface area contributed by atoms with Crippen LogP contribution in [0.4, 0.5) is 5.69 Å². The zero-order valence-electron chi connectivity index (χ0n) is 8.54. The Labute approximate surface area is 111 Å². The molecule has 1 saturated heterocycles. The number of amidine groups is 1. The number of fused-ring (bicyclic) bond motifs is 2. The van der Waals surface area contributed by atoms with Crippen molar-refractivity contribution in [3.63, 3.8) is 0 Å². The topological polar surface area (TPSA) is 15.6 Å². The maximum atomic E-state index is 6.16. The fourth-order valence-electron chi connectivity index (χ4n) is 2.19. The number of aliphatic imine (C=N–C) groups is 1. The Morgan fingerprint density at radius 3 is 2.88 bits per heavy atom. The van der Waals surface area contributed by atoms with Crippen LogP contribution in [0.3, 0.4) is 0 Å². The highest BCUT2D eigenvalue weighted by atomic mass is 35.5. The number of rotatable bonds is 0. The number of nitrogens with zero attached hydrogens (tertiary/aromatic N) is 2. The molecule has 2 aliphatic rings. The van der Waals surface area contributed by atoms with Crippen LogP contribution < -0.4 is 0 Å². The molecule has 0 atom stereocenters. The van der Waals surface area contributed by atoms with Crippen LogP contribution in [-0.4, -0.2) is 17.3 Å². The Kier molecular flexibility index (Phi) is 3.34. The first kappa shape index (κ1) is 12.0. The summed E-state index contributed by atoms with van der Waals surface area (Å²) in [4.78, 5) is 6.90. The molecule has 2 nitrogen and oxygen atoms in total.